The van der Waals surface area contributed by atoms with Gasteiger partial charge in [0.1, 0.15) is 8.07 Å². The summed E-state index contributed by atoms with van der Waals surface area (Å²) in [6, 6.07) is 65.0. The Balaban J connectivity index is 1.19. The van der Waals surface area contributed by atoms with E-state index in [9.17, 15) is 0 Å². The molecule has 3 heteroatoms. The molecular formula is C48H35NSSi. The van der Waals surface area contributed by atoms with Crippen LogP contribution in [0, 0.1) is 0 Å². The third-order valence-electron chi connectivity index (χ3n) is 10.8. The topological polar surface area (TPSA) is 3.24 Å². The molecule has 0 saturated heterocycles. The second-order valence-corrected chi connectivity index (χ2v) is 19.5. The van der Waals surface area contributed by atoms with Crippen LogP contribution in [0.3, 0.4) is 0 Å². The van der Waals surface area contributed by atoms with Gasteiger partial charge in [0, 0.05) is 37.2 Å². The van der Waals surface area contributed by atoms with E-state index >= 15 is 0 Å². The second-order valence-electron chi connectivity index (χ2n) is 14.1. The largest absolute Gasteiger partial charge is 0.311 e. The Morgan fingerprint density at radius 3 is 2.02 bits per heavy atom. The molecule has 0 saturated carbocycles. The molecule has 1 aromatic heterocycles. The van der Waals surface area contributed by atoms with E-state index in [1.807, 2.05) is 11.3 Å². The number of hydrogen-bond acceptors (Lipinski definition) is 2. The van der Waals surface area contributed by atoms with Crippen molar-refractivity contribution in [3.05, 3.63) is 176 Å². The fourth-order valence-corrected chi connectivity index (χ4v) is 13.2. The van der Waals surface area contributed by atoms with Gasteiger partial charge < -0.3 is 4.90 Å². The van der Waals surface area contributed by atoms with Gasteiger partial charge >= 0.3 is 0 Å². The van der Waals surface area contributed by atoms with Gasteiger partial charge in [-0.1, -0.05) is 153 Å². The molecule has 0 fully saturated rings. The minimum atomic E-state index is -2.13. The Kier molecular flexibility index (Phi) is 6.89. The van der Waals surface area contributed by atoms with Crippen LogP contribution < -0.4 is 15.3 Å². The lowest BCUT2D eigenvalue weighted by Gasteiger charge is -2.31. The molecular weight excluding hydrogens is 651 g/mol. The fourth-order valence-electron chi connectivity index (χ4n) is 8.45. The average Bonchev–Trinajstić information content (AvgIpc) is 3.68. The minimum absolute atomic E-state index is 1.16. The highest BCUT2D eigenvalue weighted by Gasteiger charge is 2.42. The Morgan fingerprint density at radius 2 is 1.16 bits per heavy atom. The monoisotopic (exact) mass is 685 g/mol. The van der Waals surface area contributed by atoms with E-state index in [1.54, 1.807) is 0 Å². The second kappa shape index (κ2) is 11.7. The van der Waals surface area contributed by atoms with Crippen LogP contribution in [0.4, 0.5) is 17.1 Å². The summed E-state index contributed by atoms with van der Waals surface area (Å²) >= 11 is 1.95. The molecule has 1 aliphatic rings. The van der Waals surface area contributed by atoms with Crippen molar-refractivity contribution in [1.29, 1.82) is 0 Å². The van der Waals surface area contributed by atoms with Gasteiger partial charge in [0.25, 0.3) is 0 Å². The molecule has 2 heterocycles. The molecule has 0 unspecified atom stereocenters. The van der Waals surface area contributed by atoms with Gasteiger partial charge in [0.15, 0.2) is 0 Å². The molecule has 9 aromatic rings. The molecule has 0 bridgehead atoms. The summed E-state index contributed by atoms with van der Waals surface area (Å²) in [6.45, 7) is 5.09. The number of anilines is 3. The summed E-state index contributed by atoms with van der Waals surface area (Å²) < 4.78 is 2.78. The normalized spacial score (nSPS) is 13.1. The maximum Gasteiger partial charge on any atom is 0.116 e. The van der Waals surface area contributed by atoms with Crippen molar-refractivity contribution < 1.29 is 0 Å². The first-order valence-electron chi connectivity index (χ1n) is 17.7. The number of hydrogen-bond donors (Lipinski definition) is 0. The van der Waals surface area contributed by atoms with Gasteiger partial charge in [-0.25, -0.2) is 0 Å². The summed E-state index contributed by atoms with van der Waals surface area (Å²) in [5, 5.41) is 8.31. The minimum Gasteiger partial charge on any atom is -0.311 e. The van der Waals surface area contributed by atoms with Crippen LogP contribution in [0.5, 0.6) is 0 Å². The van der Waals surface area contributed by atoms with E-state index in [-0.39, 0.29) is 0 Å². The summed E-state index contributed by atoms with van der Waals surface area (Å²) in [5.74, 6) is 0. The zero-order valence-electron chi connectivity index (χ0n) is 28.6. The SMILES string of the molecule is C[Si]1(C)c2ccc3c(sc4ccccc43)c2-c2cccc(N(c3ccc(-c4cccc5ccccc45)cc3)c3cccc(-c4ccccc4)c3)c21. The predicted molar refractivity (Wildman–Crippen MR) is 225 cm³/mol. The van der Waals surface area contributed by atoms with Gasteiger partial charge in [-0.05, 0) is 90.9 Å². The van der Waals surface area contributed by atoms with Crippen LogP contribution >= 0.6 is 11.3 Å². The molecule has 0 aliphatic carbocycles. The first kappa shape index (κ1) is 30.1. The zero-order valence-corrected chi connectivity index (χ0v) is 30.4. The van der Waals surface area contributed by atoms with Gasteiger partial charge in [0.05, 0.1) is 0 Å². The maximum absolute atomic E-state index is 2.54. The molecule has 0 atom stereocenters. The maximum atomic E-state index is 2.54. The molecule has 0 spiro atoms. The van der Waals surface area contributed by atoms with Crippen molar-refractivity contribution in [3.63, 3.8) is 0 Å². The number of rotatable bonds is 5. The van der Waals surface area contributed by atoms with Gasteiger partial charge in [-0.15, -0.1) is 11.3 Å². The molecule has 1 aliphatic heterocycles. The summed E-state index contributed by atoms with van der Waals surface area (Å²) in [4.78, 5) is 2.51. The van der Waals surface area contributed by atoms with Crippen molar-refractivity contribution in [1.82, 2.24) is 0 Å². The van der Waals surface area contributed by atoms with E-state index in [1.165, 1.54) is 80.4 Å². The summed E-state index contributed by atoms with van der Waals surface area (Å²) in [5.41, 5.74) is 11.4. The van der Waals surface area contributed by atoms with Crippen LogP contribution in [-0.2, 0) is 0 Å². The van der Waals surface area contributed by atoms with Crippen molar-refractivity contribution >= 4 is 77.8 Å². The number of thiophene rings is 1. The van der Waals surface area contributed by atoms with Crippen molar-refractivity contribution in [2.45, 2.75) is 13.1 Å². The Labute approximate surface area is 303 Å². The standard InChI is InChI=1S/C48H35NSSi/c1-51(2)45-30-29-41-40-20-8-9-24-44(40)50-47(41)46(45)42-22-12-23-43(48(42)51)49(37-18-10-17-35(31-37)32-13-4-3-5-14-32)36-27-25-34(26-28-36)39-21-11-16-33-15-6-7-19-38(33)39/h3-31H,1-2H3. The number of nitrogens with zero attached hydrogens (tertiary/aromatic N) is 1. The lowest BCUT2D eigenvalue weighted by atomic mass is 9.98. The first-order valence-corrected chi connectivity index (χ1v) is 21.5. The smallest absolute Gasteiger partial charge is 0.116 e. The van der Waals surface area contributed by atoms with Crippen LogP contribution in [0.25, 0.3) is 64.3 Å². The quantitative estimate of drug-likeness (QED) is 0.163. The van der Waals surface area contributed by atoms with Crippen molar-refractivity contribution in [3.8, 4) is 33.4 Å². The highest BCUT2D eigenvalue weighted by atomic mass is 32.1. The van der Waals surface area contributed by atoms with E-state index in [2.05, 4.69) is 194 Å². The summed E-state index contributed by atoms with van der Waals surface area (Å²) in [6.07, 6.45) is 0. The van der Waals surface area contributed by atoms with Crippen LogP contribution in [0.1, 0.15) is 0 Å². The van der Waals surface area contributed by atoms with E-state index < -0.39 is 8.07 Å². The van der Waals surface area contributed by atoms with Gasteiger partial charge in [-0.3, -0.25) is 0 Å². The van der Waals surface area contributed by atoms with Gasteiger partial charge in [-0.2, -0.15) is 0 Å². The zero-order chi connectivity index (χ0) is 34.1. The first-order chi connectivity index (χ1) is 25.1. The molecule has 51 heavy (non-hydrogen) atoms. The van der Waals surface area contributed by atoms with Crippen LogP contribution in [0.15, 0.2) is 176 Å². The molecule has 242 valence electrons. The third kappa shape index (κ3) is 4.73. The lowest BCUT2D eigenvalue weighted by Crippen LogP contribution is -2.50. The van der Waals surface area contributed by atoms with Crippen LogP contribution in [-0.4, -0.2) is 8.07 Å². The van der Waals surface area contributed by atoms with E-state index in [0.29, 0.717) is 0 Å². The highest BCUT2D eigenvalue weighted by Crippen LogP contribution is 2.45. The molecule has 10 rings (SSSR count). The Bertz CT molecular complexity index is 2770. The average molecular weight is 686 g/mol. The molecule has 0 N–H and O–H groups in total. The molecule has 8 aromatic carbocycles. The van der Waals surface area contributed by atoms with E-state index in [4.69, 9.17) is 0 Å². The fraction of sp³-hybridized carbons (Fsp3) is 0.0417. The third-order valence-corrected chi connectivity index (χ3v) is 15.6. The van der Waals surface area contributed by atoms with Crippen LogP contribution in [0.2, 0.25) is 13.1 Å². The van der Waals surface area contributed by atoms with Crippen molar-refractivity contribution in [2.24, 2.45) is 0 Å². The van der Waals surface area contributed by atoms with Gasteiger partial charge in [0.2, 0.25) is 0 Å². The lowest BCUT2D eigenvalue weighted by molar-refractivity contribution is 1.29. The molecule has 0 amide bonds. The predicted octanol–water partition coefficient (Wildman–Crippen LogP) is 12.8. The van der Waals surface area contributed by atoms with E-state index in [0.717, 1.165) is 11.4 Å². The molecule has 1 nitrogen and oxygen atoms in total. The highest BCUT2D eigenvalue weighted by molar-refractivity contribution is 7.26. The van der Waals surface area contributed by atoms with Crippen molar-refractivity contribution in [2.75, 3.05) is 4.90 Å². The molecule has 0 radical (unpaired) electrons. The Hall–Kier alpha value is -5.74. The summed E-state index contributed by atoms with van der Waals surface area (Å²) in [7, 11) is -2.13. The number of benzene rings is 8. The number of fused-ring (bicyclic) bond motifs is 8. The Morgan fingerprint density at radius 1 is 0.471 bits per heavy atom.